The number of aromatic nitrogens is 1. The van der Waals surface area contributed by atoms with Crippen LogP contribution >= 0.6 is 0 Å². The molecule has 4 nitrogen and oxygen atoms in total. The van der Waals surface area contributed by atoms with Crippen molar-refractivity contribution in [1.82, 2.24) is 15.6 Å². The highest BCUT2D eigenvalue weighted by Gasteiger charge is 2.05. The highest BCUT2D eigenvalue weighted by atomic mass is 16.1. The van der Waals surface area contributed by atoms with Gasteiger partial charge in [0, 0.05) is 36.6 Å². The van der Waals surface area contributed by atoms with Gasteiger partial charge in [0.2, 0.25) is 5.91 Å². The Morgan fingerprint density at radius 3 is 2.30 bits per heavy atom. The van der Waals surface area contributed by atoms with Gasteiger partial charge < -0.3 is 15.6 Å². The van der Waals surface area contributed by atoms with Crippen LogP contribution in [0.5, 0.6) is 0 Å². The first-order valence-electron chi connectivity index (χ1n) is 12.3. The van der Waals surface area contributed by atoms with Gasteiger partial charge >= 0.3 is 0 Å². The molecule has 0 radical (unpaired) electrons. The molecule has 0 aliphatic heterocycles. The molecule has 0 fully saturated rings. The van der Waals surface area contributed by atoms with Crippen LogP contribution in [0.3, 0.4) is 0 Å². The predicted octanol–water partition coefficient (Wildman–Crippen LogP) is 6.12. The maximum atomic E-state index is 12.0. The minimum atomic E-state index is 0.163. The van der Waals surface area contributed by atoms with E-state index in [9.17, 15) is 4.79 Å². The molecule has 0 atom stereocenters. The van der Waals surface area contributed by atoms with Crippen LogP contribution in [0.15, 0.2) is 30.5 Å². The molecule has 2 rings (SSSR count). The number of amides is 1. The van der Waals surface area contributed by atoms with E-state index >= 15 is 0 Å². The number of hydrogen-bond donors (Lipinski definition) is 3. The average molecular weight is 414 g/mol. The quantitative estimate of drug-likeness (QED) is 0.258. The summed E-state index contributed by atoms with van der Waals surface area (Å²) >= 11 is 0. The second kappa shape index (κ2) is 16.0. The lowest BCUT2D eigenvalue weighted by Crippen LogP contribution is -2.32. The topological polar surface area (TPSA) is 56.9 Å². The second-order valence-corrected chi connectivity index (χ2v) is 8.49. The SMILES string of the molecule is CCCCCCCCCCCCNCCNC(=O)CCCc1c[nH]c2ccccc12. The zero-order valence-electron chi connectivity index (χ0n) is 19.1. The molecule has 0 saturated carbocycles. The summed E-state index contributed by atoms with van der Waals surface area (Å²) in [5.74, 6) is 0.163. The van der Waals surface area contributed by atoms with Crippen molar-refractivity contribution in [1.29, 1.82) is 0 Å². The molecule has 1 heterocycles. The third-order valence-electron chi connectivity index (χ3n) is 5.86. The molecule has 0 aliphatic carbocycles. The Labute approximate surface area is 183 Å². The standard InChI is InChI=1S/C26H43N3O/c1-2-3-4-5-6-7-8-9-10-13-19-27-20-21-28-26(30)18-14-15-23-22-29-25-17-12-11-16-24(23)25/h11-12,16-17,22,27,29H,2-10,13-15,18-21H2,1H3,(H,28,30). The molecule has 0 saturated heterocycles. The molecule has 4 heteroatoms. The summed E-state index contributed by atoms with van der Waals surface area (Å²) in [6.45, 7) is 4.93. The molecule has 0 spiro atoms. The average Bonchev–Trinajstić information content (AvgIpc) is 3.17. The number of aryl methyl sites for hydroxylation is 1. The normalized spacial score (nSPS) is 11.2. The number of hydrogen-bond acceptors (Lipinski definition) is 2. The molecular formula is C26H43N3O. The van der Waals surface area contributed by atoms with Crippen molar-refractivity contribution in [2.75, 3.05) is 19.6 Å². The van der Waals surface area contributed by atoms with Crippen LogP contribution < -0.4 is 10.6 Å². The van der Waals surface area contributed by atoms with Gasteiger partial charge in [-0.2, -0.15) is 0 Å². The lowest BCUT2D eigenvalue weighted by molar-refractivity contribution is -0.121. The van der Waals surface area contributed by atoms with E-state index in [1.54, 1.807) is 0 Å². The maximum Gasteiger partial charge on any atom is 0.220 e. The largest absolute Gasteiger partial charge is 0.361 e. The van der Waals surface area contributed by atoms with E-state index in [-0.39, 0.29) is 5.91 Å². The number of rotatable bonds is 18. The van der Waals surface area contributed by atoms with Crippen molar-refractivity contribution < 1.29 is 4.79 Å². The Balaban J connectivity index is 1.36. The van der Waals surface area contributed by atoms with Gasteiger partial charge in [-0.1, -0.05) is 82.9 Å². The van der Waals surface area contributed by atoms with Crippen molar-refractivity contribution in [3.63, 3.8) is 0 Å². The molecule has 0 unspecified atom stereocenters. The van der Waals surface area contributed by atoms with Crippen molar-refractivity contribution in [3.05, 3.63) is 36.0 Å². The molecule has 30 heavy (non-hydrogen) atoms. The molecule has 0 aliphatic rings. The molecule has 168 valence electrons. The number of benzene rings is 1. The zero-order chi connectivity index (χ0) is 21.3. The molecule has 2 aromatic rings. The van der Waals surface area contributed by atoms with Gasteiger partial charge in [0.15, 0.2) is 0 Å². The molecule has 1 aromatic heterocycles. The van der Waals surface area contributed by atoms with Crippen LogP contribution in [-0.2, 0) is 11.2 Å². The van der Waals surface area contributed by atoms with E-state index in [1.807, 2.05) is 6.07 Å². The van der Waals surface area contributed by atoms with Crippen LogP contribution in [0.1, 0.15) is 89.5 Å². The number of carbonyl (C=O) groups excluding carboxylic acids is 1. The van der Waals surface area contributed by atoms with Gasteiger partial charge in [0.1, 0.15) is 0 Å². The smallest absolute Gasteiger partial charge is 0.220 e. The number of aromatic amines is 1. The van der Waals surface area contributed by atoms with Crippen LogP contribution in [0.2, 0.25) is 0 Å². The van der Waals surface area contributed by atoms with E-state index < -0.39 is 0 Å². The number of para-hydroxylation sites is 1. The maximum absolute atomic E-state index is 12.0. The Morgan fingerprint density at radius 1 is 0.833 bits per heavy atom. The molecule has 1 amide bonds. The summed E-state index contributed by atoms with van der Waals surface area (Å²) in [5, 5.41) is 7.75. The Bertz CT molecular complexity index is 694. The Kier molecular flexibility index (Phi) is 13.0. The van der Waals surface area contributed by atoms with Gasteiger partial charge in [0.05, 0.1) is 0 Å². The molecule has 1 aromatic carbocycles. The molecular weight excluding hydrogens is 370 g/mol. The number of H-pyrrole nitrogens is 1. The van der Waals surface area contributed by atoms with Crippen molar-refractivity contribution >= 4 is 16.8 Å². The first-order chi connectivity index (χ1) is 14.8. The number of fused-ring (bicyclic) bond motifs is 1. The predicted molar refractivity (Wildman–Crippen MR) is 129 cm³/mol. The fourth-order valence-electron chi connectivity index (χ4n) is 4.02. The fourth-order valence-corrected chi connectivity index (χ4v) is 4.02. The molecule has 3 N–H and O–H groups in total. The third-order valence-corrected chi connectivity index (χ3v) is 5.86. The zero-order valence-corrected chi connectivity index (χ0v) is 19.1. The number of carbonyl (C=O) groups is 1. The lowest BCUT2D eigenvalue weighted by atomic mass is 10.1. The van der Waals surface area contributed by atoms with Crippen LogP contribution in [0.25, 0.3) is 10.9 Å². The van der Waals surface area contributed by atoms with Crippen molar-refractivity contribution in [2.45, 2.75) is 90.4 Å². The summed E-state index contributed by atoms with van der Waals surface area (Å²) in [6.07, 6.45) is 18.2. The molecule has 0 bridgehead atoms. The third kappa shape index (κ3) is 10.3. The van der Waals surface area contributed by atoms with E-state index in [0.717, 1.165) is 32.5 Å². The minimum Gasteiger partial charge on any atom is -0.361 e. The van der Waals surface area contributed by atoms with Crippen molar-refractivity contribution in [2.24, 2.45) is 0 Å². The first kappa shape index (κ1) is 24.5. The number of unbranched alkanes of at least 4 members (excludes halogenated alkanes) is 9. The monoisotopic (exact) mass is 413 g/mol. The summed E-state index contributed by atoms with van der Waals surface area (Å²) in [5.41, 5.74) is 2.47. The summed E-state index contributed by atoms with van der Waals surface area (Å²) in [6, 6.07) is 8.34. The van der Waals surface area contributed by atoms with Gasteiger partial charge in [-0.05, 0) is 37.4 Å². The van der Waals surface area contributed by atoms with Gasteiger partial charge in [0.25, 0.3) is 0 Å². The van der Waals surface area contributed by atoms with E-state index in [4.69, 9.17) is 0 Å². The highest BCUT2D eigenvalue weighted by Crippen LogP contribution is 2.19. The van der Waals surface area contributed by atoms with Crippen molar-refractivity contribution in [3.8, 4) is 0 Å². The Hall–Kier alpha value is -1.81. The minimum absolute atomic E-state index is 0.163. The van der Waals surface area contributed by atoms with Crippen LogP contribution in [0, 0.1) is 0 Å². The fraction of sp³-hybridized carbons (Fsp3) is 0.654. The van der Waals surface area contributed by atoms with Crippen LogP contribution in [-0.4, -0.2) is 30.5 Å². The number of nitrogens with one attached hydrogen (secondary N) is 3. The second-order valence-electron chi connectivity index (χ2n) is 8.49. The highest BCUT2D eigenvalue weighted by molar-refractivity contribution is 5.83. The van der Waals surface area contributed by atoms with E-state index in [2.05, 4.69) is 46.9 Å². The lowest BCUT2D eigenvalue weighted by Gasteiger charge is -2.07. The summed E-state index contributed by atoms with van der Waals surface area (Å²) in [7, 11) is 0. The van der Waals surface area contributed by atoms with Gasteiger partial charge in [-0.3, -0.25) is 4.79 Å². The van der Waals surface area contributed by atoms with Gasteiger partial charge in [-0.15, -0.1) is 0 Å². The summed E-state index contributed by atoms with van der Waals surface area (Å²) < 4.78 is 0. The van der Waals surface area contributed by atoms with E-state index in [0.29, 0.717) is 6.42 Å². The Morgan fingerprint density at radius 2 is 1.53 bits per heavy atom. The first-order valence-corrected chi connectivity index (χ1v) is 12.3. The van der Waals surface area contributed by atoms with Crippen LogP contribution in [0.4, 0.5) is 0 Å². The van der Waals surface area contributed by atoms with E-state index in [1.165, 1.54) is 80.7 Å². The summed E-state index contributed by atoms with van der Waals surface area (Å²) in [4.78, 5) is 15.3. The van der Waals surface area contributed by atoms with Gasteiger partial charge in [-0.25, -0.2) is 0 Å².